The largest absolute Gasteiger partial charge is 0.480 e. The zero-order chi connectivity index (χ0) is 15.8. The van der Waals surface area contributed by atoms with Crippen molar-refractivity contribution in [1.82, 2.24) is 0 Å². The van der Waals surface area contributed by atoms with Crippen LogP contribution < -0.4 is 0 Å². The molecular weight excluding hydrogens is 288 g/mol. The summed E-state index contributed by atoms with van der Waals surface area (Å²) >= 11 is 0. The maximum absolute atomic E-state index is 12.8. The highest BCUT2D eigenvalue weighted by molar-refractivity contribution is 7.93. The third-order valence-corrected chi connectivity index (χ3v) is 7.04. The van der Waals surface area contributed by atoms with Crippen LogP contribution in [0.3, 0.4) is 0 Å². The molecule has 0 saturated heterocycles. The van der Waals surface area contributed by atoms with Gasteiger partial charge < -0.3 is 5.11 Å². The quantitative estimate of drug-likeness (QED) is 0.907. The molecule has 0 radical (unpaired) electrons. The molecule has 0 aromatic heterocycles. The highest BCUT2D eigenvalue weighted by atomic mass is 32.2. The first-order valence-corrected chi connectivity index (χ1v) is 8.78. The molecule has 0 bridgehead atoms. The van der Waals surface area contributed by atoms with Gasteiger partial charge in [-0.05, 0) is 55.9 Å². The van der Waals surface area contributed by atoms with Crippen molar-refractivity contribution in [3.8, 4) is 0 Å². The number of carbonyl (C=O) groups is 1. The predicted octanol–water partition coefficient (Wildman–Crippen LogP) is 3.11. The van der Waals surface area contributed by atoms with Crippen LogP contribution in [-0.4, -0.2) is 24.2 Å². The number of aryl methyl sites for hydroxylation is 2. The number of hydrogen-bond donors (Lipinski definition) is 1. The van der Waals surface area contributed by atoms with Gasteiger partial charge in [0, 0.05) is 0 Å². The molecule has 0 spiro atoms. The van der Waals surface area contributed by atoms with Crippen LogP contribution in [0.4, 0.5) is 0 Å². The van der Waals surface area contributed by atoms with Gasteiger partial charge in [-0.15, -0.1) is 0 Å². The molecule has 1 aliphatic rings. The minimum absolute atomic E-state index is 0.128. The standard InChI is InChI=1S/C16H22O4S/c1-4-5-13-9-16(10-13,15(17)18)21(19,20)14-7-6-11(2)12(3)8-14/h6-8,13H,4-5,9-10H2,1-3H3,(H,17,18). The van der Waals surface area contributed by atoms with Gasteiger partial charge in [0.25, 0.3) is 0 Å². The Morgan fingerprint density at radius 2 is 1.90 bits per heavy atom. The van der Waals surface area contributed by atoms with Crippen LogP contribution in [0.5, 0.6) is 0 Å². The maximum atomic E-state index is 12.8. The lowest BCUT2D eigenvalue weighted by molar-refractivity contribution is -0.144. The lowest BCUT2D eigenvalue weighted by atomic mass is 9.72. The van der Waals surface area contributed by atoms with Gasteiger partial charge in [-0.1, -0.05) is 25.8 Å². The third-order valence-electron chi connectivity index (χ3n) is 4.63. The van der Waals surface area contributed by atoms with Crippen molar-refractivity contribution < 1.29 is 18.3 Å². The van der Waals surface area contributed by atoms with Gasteiger partial charge in [0.15, 0.2) is 14.6 Å². The van der Waals surface area contributed by atoms with Crippen LogP contribution in [0.15, 0.2) is 23.1 Å². The summed E-state index contributed by atoms with van der Waals surface area (Å²) in [7, 11) is -3.85. The highest BCUT2D eigenvalue weighted by Crippen LogP contribution is 2.48. The van der Waals surface area contributed by atoms with Crippen molar-refractivity contribution in [2.75, 3.05) is 0 Å². The van der Waals surface area contributed by atoms with E-state index < -0.39 is 20.6 Å². The fraction of sp³-hybridized carbons (Fsp3) is 0.562. The Bertz CT molecular complexity index is 655. The Balaban J connectivity index is 2.41. The second-order valence-electron chi connectivity index (χ2n) is 6.11. The molecule has 1 N–H and O–H groups in total. The first-order chi connectivity index (χ1) is 9.74. The van der Waals surface area contributed by atoms with Crippen molar-refractivity contribution in [3.05, 3.63) is 29.3 Å². The molecule has 0 heterocycles. The van der Waals surface area contributed by atoms with Gasteiger partial charge in [0.05, 0.1) is 4.90 Å². The number of hydrogen-bond acceptors (Lipinski definition) is 3. The Labute approximate surface area is 126 Å². The molecule has 1 aromatic carbocycles. The Kier molecular flexibility index (Phi) is 4.15. The zero-order valence-electron chi connectivity index (χ0n) is 12.7. The van der Waals surface area contributed by atoms with Gasteiger partial charge >= 0.3 is 5.97 Å². The van der Waals surface area contributed by atoms with Crippen molar-refractivity contribution in [2.45, 2.75) is 56.1 Å². The van der Waals surface area contributed by atoms with E-state index in [9.17, 15) is 18.3 Å². The molecule has 0 amide bonds. The molecule has 0 atom stereocenters. The van der Waals surface area contributed by atoms with E-state index >= 15 is 0 Å². The summed E-state index contributed by atoms with van der Waals surface area (Å²) in [6, 6.07) is 4.85. The Morgan fingerprint density at radius 1 is 1.29 bits per heavy atom. The summed E-state index contributed by atoms with van der Waals surface area (Å²) in [5.74, 6) is -1.01. The Morgan fingerprint density at radius 3 is 2.38 bits per heavy atom. The smallest absolute Gasteiger partial charge is 0.325 e. The average molecular weight is 310 g/mol. The monoisotopic (exact) mass is 310 g/mol. The van der Waals surface area contributed by atoms with Gasteiger partial charge in [0.2, 0.25) is 0 Å². The van der Waals surface area contributed by atoms with Gasteiger partial charge in [0.1, 0.15) is 0 Å². The van der Waals surface area contributed by atoms with Crippen molar-refractivity contribution in [2.24, 2.45) is 5.92 Å². The molecule has 0 unspecified atom stereocenters. The molecule has 0 aliphatic heterocycles. The second-order valence-corrected chi connectivity index (χ2v) is 8.37. The van der Waals surface area contributed by atoms with Crippen LogP contribution in [0.25, 0.3) is 0 Å². The number of carboxylic acids is 1. The van der Waals surface area contributed by atoms with Gasteiger partial charge in [-0.2, -0.15) is 0 Å². The number of sulfone groups is 1. The first kappa shape index (κ1) is 16.0. The number of benzene rings is 1. The summed E-state index contributed by atoms with van der Waals surface area (Å²) in [4.78, 5) is 11.8. The van der Waals surface area contributed by atoms with E-state index in [1.165, 1.54) is 6.07 Å². The van der Waals surface area contributed by atoms with E-state index in [4.69, 9.17) is 0 Å². The molecule has 21 heavy (non-hydrogen) atoms. The number of rotatable bonds is 5. The minimum Gasteiger partial charge on any atom is -0.480 e. The normalized spacial score (nSPS) is 25.4. The highest BCUT2D eigenvalue weighted by Gasteiger charge is 2.59. The predicted molar refractivity (Wildman–Crippen MR) is 81.1 cm³/mol. The van der Waals surface area contributed by atoms with Crippen molar-refractivity contribution >= 4 is 15.8 Å². The molecule has 1 saturated carbocycles. The van der Waals surface area contributed by atoms with E-state index in [-0.39, 0.29) is 23.7 Å². The van der Waals surface area contributed by atoms with Crippen molar-refractivity contribution in [1.29, 1.82) is 0 Å². The molecule has 2 rings (SSSR count). The Hall–Kier alpha value is -1.36. The topological polar surface area (TPSA) is 71.4 Å². The third kappa shape index (κ3) is 2.48. The molecule has 1 fully saturated rings. The van der Waals surface area contributed by atoms with Crippen LogP contribution in [0.1, 0.15) is 43.7 Å². The van der Waals surface area contributed by atoms with Crippen LogP contribution in [0, 0.1) is 19.8 Å². The van der Waals surface area contributed by atoms with Crippen LogP contribution >= 0.6 is 0 Å². The summed E-state index contributed by atoms with van der Waals surface area (Å²) in [6.07, 6.45) is 2.29. The fourth-order valence-electron chi connectivity index (χ4n) is 3.10. The first-order valence-electron chi connectivity index (χ1n) is 7.30. The zero-order valence-corrected chi connectivity index (χ0v) is 13.5. The van der Waals surface area contributed by atoms with Crippen LogP contribution in [0.2, 0.25) is 0 Å². The average Bonchev–Trinajstić information content (AvgIpc) is 2.35. The van der Waals surface area contributed by atoms with E-state index in [1.54, 1.807) is 12.1 Å². The van der Waals surface area contributed by atoms with E-state index in [0.29, 0.717) is 0 Å². The van der Waals surface area contributed by atoms with E-state index in [1.807, 2.05) is 20.8 Å². The minimum atomic E-state index is -3.85. The van der Waals surface area contributed by atoms with E-state index in [2.05, 4.69) is 0 Å². The lowest BCUT2D eigenvalue weighted by Gasteiger charge is -2.43. The molecule has 116 valence electrons. The SMILES string of the molecule is CCCC1CC(C(=O)O)(S(=O)(=O)c2ccc(C)c(C)c2)C1. The van der Waals surface area contributed by atoms with Gasteiger partial charge in [-0.25, -0.2) is 8.42 Å². The molecule has 5 heteroatoms. The lowest BCUT2D eigenvalue weighted by Crippen LogP contribution is -2.56. The summed E-state index contributed by atoms with van der Waals surface area (Å²) in [5.41, 5.74) is 1.86. The maximum Gasteiger partial charge on any atom is 0.325 e. The molecule has 1 aliphatic carbocycles. The van der Waals surface area contributed by atoms with Crippen molar-refractivity contribution in [3.63, 3.8) is 0 Å². The molecule has 4 nitrogen and oxygen atoms in total. The molecular formula is C16H22O4S. The van der Waals surface area contributed by atoms with E-state index in [0.717, 1.165) is 24.0 Å². The summed E-state index contributed by atoms with van der Waals surface area (Å²) in [5, 5.41) is 9.51. The summed E-state index contributed by atoms with van der Waals surface area (Å²) < 4.78 is 24.0. The van der Waals surface area contributed by atoms with Gasteiger partial charge in [-0.3, -0.25) is 4.79 Å². The second kappa shape index (κ2) is 5.44. The van der Waals surface area contributed by atoms with Crippen LogP contribution in [-0.2, 0) is 14.6 Å². The fourth-order valence-corrected chi connectivity index (χ4v) is 5.27. The number of aliphatic carboxylic acids is 1. The molecule has 1 aromatic rings. The summed E-state index contributed by atoms with van der Waals surface area (Å²) in [6.45, 7) is 5.76. The number of carboxylic acid groups (broad SMARTS) is 1.